The van der Waals surface area contributed by atoms with E-state index in [9.17, 15) is 4.39 Å². The van der Waals surface area contributed by atoms with E-state index in [4.69, 9.17) is 0 Å². The molecule has 0 saturated carbocycles. The first kappa shape index (κ1) is 13.2. The fraction of sp³-hybridized carbons (Fsp3) is 0.214. The van der Waals surface area contributed by atoms with Crippen LogP contribution in [0.4, 0.5) is 4.39 Å². The van der Waals surface area contributed by atoms with Gasteiger partial charge in [0.05, 0.1) is 11.7 Å². The third kappa shape index (κ3) is 2.76. The number of benzene rings is 1. The summed E-state index contributed by atoms with van der Waals surface area (Å²) in [5.41, 5.74) is 2.62. The van der Waals surface area contributed by atoms with Crippen LogP contribution in [0.15, 0.2) is 41.0 Å². The average Bonchev–Trinajstić information content (AvgIpc) is 2.31. The van der Waals surface area contributed by atoms with Gasteiger partial charge >= 0.3 is 0 Å². The Kier molecular flexibility index (Phi) is 4.09. The van der Waals surface area contributed by atoms with E-state index in [2.05, 4.69) is 26.2 Å². The van der Waals surface area contributed by atoms with Gasteiger partial charge in [0.2, 0.25) is 0 Å². The van der Waals surface area contributed by atoms with Crippen molar-refractivity contribution in [2.45, 2.75) is 13.0 Å². The second-order valence-electron chi connectivity index (χ2n) is 4.15. The van der Waals surface area contributed by atoms with Crippen molar-refractivity contribution < 1.29 is 4.39 Å². The summed E-state index contributed by atoms with van der Waals surface area (Å²) in [6.45, 7) is 1.88. The van der Waals surface area contributed by atoms with Crippen molar-refractivity contribution in [2.75, 3.05) is 7.05 Å². The number of pyridine rings is 1. The van der Waals surface area contributed by atoms with Crippen LogP contribution in [-0.4, -0.2) is 12.0 Å². The Morgan fingerprint density at radius 1 is 1.33 bits per heavy atom. The lowest BCUT2D eigenvalue weighted by Gasteiger charge is -2.18. The predicted octanol–water partition coefficient (Wildman–Crippen LogP) is 3.60. The van der Waals surface area contributed by atoms with Crippen LogP contribution in [0.2, 0.25) is 0 Å². The van der Waals surface area contributed by atoms with E-state index in [0.29, 0.717) is 0 Å². The standard InChI is InChI=1S/C14H14BrFN2/c1-9-6-10(8-11(16)7-9)13(17-2)14-12(15)4-3-5-18-14/h3-8,13,17H,1-2H3. The fourth-order valence-corrected chi connectivity index (χ4v) is 2.49. The van der Waals surface area contributed by atoms with Crippen LogP contribution < -0.4 is 5.32 Å². The lowest BCUT2D eigenvalue weighted by Crippen LogP contribution is -2.19. The van der Waals surface area contributed by atoms with Gasteiger partial charge in [-0.1, -0.05) is 6.07 Å². The lowest BCUT2D eigenvalue weighted by atomic mass is 10.0. The molecule has 0 radical (unpaired) electrons. The Morgan fingerprint density at radius 2 is 2.11 bits per heavy atom. The van der Waals surface area contributed by atoms with E-state index in [1.165, 1.54) is 12.1 Å². The van der Waals surface area contributed by atoms with Crippen molar-refractivity contribution in [3.8, 4) is 0 Å². The van der Waals surface area contributed by atoms with Crippen molar-refractivity contribution in [1.29, 1.82) is 0 Å². The predicted molar refractivity (Wildman–Crippen MR) is 74.0 cm³/mol. The molecule has 1 aromatic heterocycles. The van der Waals surface area contributed by atoms with Crippen LogP contribution in [0, 0.1) is 12.7 Å². The molecule has 2 aromatic rings. The van der Waals surface area contributed by atoms with Crippen LogP contribution in [0.25, 0.3) is 0 Å². The number of hydrogen-bond acceptors (Lipinski definition) is 2. The summed E-state index contributed by atoms with van der Waals surface area (Å²) in [7, 11) is 1.84. The van der Waals surface area contributed by atoms with Gasteiger partial charge in [-0.05, 0) is 65.3 Å². The van der Waals surface area contributed by atoms with Crippen molar-refractivity contribution in [1.82, 2.24) is 10.3 Å². The van der Waals surface area contributed by atoms with Gasteiger partial charge in [0.1, 0.15) is 5.82 Å². The molecule has 1 atom stereocenters. The molecule has 1 N–H and O–H groups in total. The van der Waals surface area contributed by atoms with Crippen LogP contribution in [0.3, 0.4) is 0 Å². The first-order valence-corrected chi connectivity index (χ1v) is 6.46. The maximum Gasteiger partial charge on any atom is 0.123 e. The summed E-state index contributed by atoms with van der Waals surface area (Å²) in [6.07, 6.45) is 1.73. The molecule has 18 heavy (non-hydrogen) atoms. The molecule has 0 amide bonds. The van der Waals surface area contributed by atoms with Gasteiger partial charge in [-0.15, -0.1) is 0 Å². The molecule has 0 aliphatic heterocycles. The second kappa shape index (κ2) is 5.59. The topological polar surface area (TPSA) is 24.9 Å². The van der Waals surface area contributed by atoms with Gasteiger partial charge in [0.15, 0.2) is 0 Å². The minimum absolute atomic E-state index is 0.130. The summed E-state index contributed by atoms with van der Waals surface area (Å²) < 4.78 is 14.4. The molecule has 1 heterocycles. The highest BCUT2D eigenvalue weighted by atomic mass is 79.9. The zero-order chi connectivity index (χ0) is 13.1. The number of halogens is 2. The highest BCUT2D eigenvalue weighted by Gasteiger charge is 2.17. The molecule has 2 nitrogen and oxygen atoms in total. The molecule has 0 saturated heterocycles. The Morgan fingerprint density at radius 3 is 2.72 bits per heavy atom. The molecule has 1 unspecified atom stereocenters. The van der Waals surface area contributed by atoms with Crippen molar-refractivity contribution in [3.63, 3.8) is 0 Å². The Labute approximate surface area is 114 Å². The molecule has 1 aromatic carbocycles. The molecule has 0 aliphatic rings. The first-order chi connectivity index (χ1) is 8.61. The summed E-state index contributed by atoms with van der Waals surface area (Å²) in [5.74, 6) is -0.225. The summed E-state index contributed by atoms with van der Waals surface area (Å²) in [5, 5.41) is 3.17. The maximum absolute atomic E-state index is 13.5. The number of rotatable bonds is 3. The molecule has 94 valence electrons. The highest BCUT2D eigenvalue weighted by Crippen LogP contribution is 2.27. The smallest absolute Gasteiger partial charge is 0.123 e. The molecule has 0 fully saturated rings. The minimum Gasteiger partial charge on any atom is -0.308 e. The summed E-state index contributed by atoms with van der Waals surface area (Å²) >= 11 is 3.48. The zero-order valence-electron chi connectivity index (χ0n) is 10.2. The average molecular weight is 309 g/mol. The van der Waals surface area contributed by atoms with E-state index in [1.807, 2.05) is 32.2 Å². The zero-order valence-corrected chi connectivity index (χ0v) is 11.8. The fourth-order valence-electron chi connectivity index (χ4n) is 2.00. The number of hydrogen-bond donors (Lipinski definition) is 1. The normalized spacial score (nSPS) is 12.4. The maximum atomic E-state index is 13.5. The Hall–Kier alpha value is -1.26. The van der Waals surface area contributed by atoms with Gasteiger partial charge in [-0.3, -0.25) is 4.98 Å². The molecular formula is C14H14BrFN2. The largest absolute Gasteiger partial charge is 0.308 e. The number of aryl methyl sites for hydroxylation is 1. The third-order valence-electron chi connectivity index (χ3n) is 2.75. The van der Waals surface area contributed by atoms with E-state index < -0.39 is 0 Å². The van der Waals surface area contributed by atoms with Crippen molar-refractivity contribution in [3.05, 3.63) is 63.6 Å². The van der Waals surface area contributed by atoms with Crippen LogP contribution in [-0.2, 0) is 0 Å². The summed E-state index contributed by atoms with van der Waals surface area (Å²) in [6, 6.07) is 8.68. The van der Waals surface area contributed by atoms with Gasteiger partial charge in [-0.2, -0.15) is 0 Å². The minimum atomic E-state index is -0.225. The molecule has 0 bridgehead atoms. The monoisotopic (exact) mass is 308 g/mol. The first-order valence-electron chi connectivity index (χ1n) is 5.66. The Balaban J connectivity index is 2.48. The number of nitrogens with zero attached hydrogens (tertiary/aromatic N) is 1. The quantitative estimate of drug-likeness (QED) is 0.937. The van der Waals surface area contributed by atoms with E-state index in [0.717, 1.165) is 21.3 Å². The van der Waals surface area contributed by atoms with Crippen LogP contribution in [0.5, 0.6) is 0 Å². The second-order valence-corrected chi connectivity index (χ2v) is 5.01. The lowest BCUT2D eigenvalue weighted by molar-refractivity contribution is 0.611. The van der Waals surface area contributed by atoms with Crippen LogP contribution >= 0.6 is 15.9 Å². The molecular weight excluding hydrogens is 295 g/mol. The highest BCUT2D eigenvalue weighted by molar-refractivity contribution is 9.10. The van der Waals surface area contributed by atoms with E-state index in [1.54, 1.807) is 6.20 Å². The van der Waals surface area contributed by atoms with Crippen molar-refractivity contribution in [2.24, 2.45) is 0 Å². The number of aromatic nitrogens is 1. The van der Waals surface area contributed by atoms with Gasteiger partial charge in [0.25, 0.3) is 0 Å². The van der Waals surface area contributed by atoms with E-state index in [-0.39, 0.29) is 11.9 Å². The molecule has 4 heteroatoms. The third-order valence-corrected chi connectivity index (χ3v) is 3.42. The molecule has 0 spiro atoms. The Bertz CT molecular complexity index is 537. The van der Waals surface area contributed by atoms with Crippen molar-refractivity contribution >= 4 is 15.9 Å². The van der Waals surface area contributed by atoms with E-state index >= 15 is 0 Å². The summed E-state index contributed by atoms with van der Waals surface area (Å²) in [4.78, 5) is 4.35. The van der Waals surface area contributed by atoms with Gasteiger partial charge < -0.3 is 5.32 Å². The SMILES string of the molecule is CNC(c1cc(C)cc(F)c1)c1ncccc1Br. The van der Waals surface area contributed by atoms with Gasteiger partial charge in [-0.25, -0.2) is 4.39 Å². The molecule has 0 aliphatic carbocycles. The number of nitrogens with one attached hydrogen (secondary N) is 1. The molecule has 2 rings (SSSR count). The van der Waals surface area contributed by atoms with Gasteiger partial charge in [0, 0.05) is 10.7 Å². The van der Waals surface area contributed by atoms with Crippen LogP contribution in [0.1, 0.15) is 22.9 Å².